The van der Waals surface area contributed by atoms with E-state index in [0.29, 0.717) is 0 Å². The third kappa shape index (κ3) is 17.8. The van der Waals surface area contributed by atoms with Gasteiger partial charge in [0.1, 0.15) is 0 Å². The Morgan fingerprint density at radius 3 is 1.40 bits per heavy atom. The molecule has 0 fully saturated rings. The third-order valence-corrected chi connectivity index (χ3v) is 0. The van der Waals surface area contributed by atoms with Crippen LogP contribution in [0.25, 0.3) is 0 Å². The van der Waals surface area contributed by atoms with Crippen molar-refractivity contribution in [1.82, 2.24) is 0 Å². The van der Waals surface area contributed by atoms with E-state index in [1.54, 1.807) is 15.9 Å². The molecule has 0 heterocycles. The molecule has 0 aliphatic heterocycles. The molecule has 0 spiro atoms. The van der Waals surface area contributed by atoms with Crippen LogP contribution in [0.15, 0.2) is 0 Å². The Labute approximate surface area is 140 Å². The molecule has 0 aliphatic carbocycles. The molecule has 0 bridgehead atoms. The average Bonchev–Trinajstić information content (AvgIpc) is 1.00. The summed E-state index contributed by atoms with van der Waals surface area (Å²) in [7, 11) is 0. The van der Waals surface area contributed by atoms with Crippen LogP contribution in [-0.2, 0) is 19.8 Å². The van der Waals surface area contributed by atoms with E-state index >= 15 is 0 Å². The van der Waals surface area contributed by atoms with Crippen LogP contribution < -0.4 is 0 Å². The monoisotopic (exact) mass is 342 g/mol. The van der Waals surface area contributed by atoms with Crippen molar-refractivity contribution in [2.45, 2.75) is 0 Å². The van der Waals surface area contributed by atoms with E-state index in [4.69, 9.17) is 3.83 Å². The standard InChI is InChI=1S/Ca.La.Mn.O.Sr.4H/q+2;;;;+2;4*-1. The number of rotatable bonds is 0. The molecule has 0 aromatic carbocycles. The van der Waals surface area contributed by atoms with Crippen LogP contribution in [0.1, 0.15) is 5.71 Å². The molecule has 1 nitrogen and oxygen atoms in total. The number of hydrogen-bond donors (Lipinski definition) is 0. The zero-order chi connectivity index (χ0) is 2.00. The van der Waals surface area contributed by atoms with Gasteiger partial charge in [0.15, 0.2) is 0 Å². The van der Waals surface area contributed by atoms with Crippen LogP contribution in [0.4, 0.5) is 0 Å². The van der Waals surface area contributed by atoms with Crippen molar-refractivity contribution >= 4 is 83.2 Å². The second-order valence-electron chi connectivity index (χ2n) is 0. The Morgan fingerprint density at radius 1 is 1.40 bits per heavy atom. The molecule has 0 N–H and O–H groups in total. The molecular weight excluding hydrogens is 338 g/mol. The van der Waals surface area contributed by atoms with Gasteiger partial charge in [0.05, 0.1) is 0 Å². The van der Waals surface area contributed by atoms with Gasteiger partial charge in [-0.3, -0.25) is 0 Å². The van der Waals surface area contributed by atoms with Gasteiger partial charge >= 0.3 is 103 Å². The fourth-order valence-electron chi connectivity index (χ4n) is 0. The summed E-state index contributed by atoms with van der Waals surface area (Å²) in [6.07, 6.45) is 0. The van der Waals surface area contributed by atoms with Gasteiger partial charge in [0.25, 0.3) is 0 Å². The smallest absolute Gasteiger partial charge is 2.00 e. The van der Waals surface area contributed by atoms with Crippen molar-refractivity contribution in [3.63, 3.8) is 0 Å². The summed E-state index contributed by atoms with van der Waals surface area (Å²) >= 11 is 1.69. The molecule has 5 heteroatoms. The van der Waals surface area contributed by atoms with Crippen molar-refractivity contribution < 1.29 is 61.1 Å². The molecule has 0 rings (SSSR count). The molecule has 24 valence electrons. The molecule has 1 radical (unpaired) electrons. The molecule has 5 heavy (non-hydrogen) atoms. The largest absolute Gasteiger partial charge is 2.00 e. The zero-order valence-electron chi connectivity index (χ0n) is 6.78. The first-order chi connectivity index (χ1) is 1.00. The minimum Gasteiger partial charge on any atom is 2.00 e. The van der Waals surface area contributed by atoms with Gasteiger partial charge in [0, 0.05) is 35.6 Å². The van der Waals surface area contributed by atoms with E-state index in [1.165, 1.54) is 0 Å². The van der Waals surface area contributed by atoms with Crippen molar-refractivity contribution in [3.8, 4) is 0 Å². The van der Waals surface area contributed by atoms with Gasteiger partial charge in [-0.2, -0.15) is 0 Å². The number of hydrogen-bond acceptors (Lipinski definition) is 1. The quantitative estimate of drug-likeness (QED) is 0.547. The van der Waals surface area contributed by atoms with Crippen molar-refractivity contribution in [3.05, 3.63) is 0 Å². The van der Waals surface area contributed by atoms with E-state index in [1.807, 2.05) is 0 Å². The predicted octanol–water partition coefficient (Wildman–Crippen LogP) is -0.433. The van der Waals surface area contributed by atoms with E-state index in [2.05, 4.69) is 0 Å². The average molecular weight is 342 g/mol. The molecule has 0 saturated heterocycles. The first-order valence-electron chi connectivity index (χ1n) is 0.154. The Kier molecular flexibility index (Phi) is 110. The third-order valence-electron chi connectivity index (χ3n) is 0. The minimum atomic E-state index is 0. The molecule has 0 amide bonds. The second-order valence-corrected chi connectivity index (χ2v) is 0. The van der Waals surface area contributed by atoms with E-state index < -0.39 is 0 Å². The second kappa shape index (κ2) is 24.0. The Hall–Kier alpha value is 4.25. The SMILES string of the molecule is [Ca+2].[H-].[H-].[H-].[H-].[La].[O]=[Mn].[Sr+2]. The summed E-state index contributed by atoms with van der Waals surface area (Å²) in [6, 6.07) is 0. The Morgan fingerprint density at radius 2 is 1.40 bits per heavy atom. The van der Waals surface area contributed by atoms with Crippen LogP contribution in [0.3, 0.4) is 0 Å². The summed E-state index contributed by atoms with van der Waals surface area (Å²) in [4.78, 5) is 0. The molecule has 0 atom stereocenters. The summed E-state index contributed by atoms with van der Waals surface area (Å²) in [6.45, 7) is 0. The summed E-state index contributed by atoms with van der Waals surface area (Å²) in [5.41, 5.74) is 0. The van der Waals surface area contributed by atoms with Crippen molar-refractivity contribution in [1.29, 1.82) is 0 Å². The van der Waals surface area contributed by atoms with Gasteiger partial charge in [-0.15, -0.1) is 0 Å². The molecule has 0 saturated carbocycles. The van der Waals surface area contributed by atoms with E-state index in [9.17, 15) is 0 Å². The fourth-order valence-corrected chi connectivity index (χ4v) is 0. The van der Waals surface area contributed by atoms with Crippen LogP contribution in [-0.4, -0.2) is 83.2 Å². The fraction of sp³-hybridized carbons (Fsp3) is 0. The van der Waals surface area contributed by atoms with Crippen molar-refractivity contribution in [2.75, 3.05) is 0 Å². The maximum atomic E-state index is 8.06. The zero-order valence-corrected chi connectivity index (χ0v) is 13.3. The first kappa shape index (κ1) is 22.8. The van der Waals surface area contributed by atoms with Crippen LogP contribution in [0.5, 0.6) is 0 Å². The van der Waals surface area contributed by atoms with Gasteiger partial charge in [0.2, 0.25) is 0 Å². The topological polar surface area (TPSA) is 17.1 Å². The molecule has 0 aromatic rings. The van der Waals surface area contributed by atoms with Gasteiger partial charge in [-0.25, -0.2) is 0 Å². The summed E-state index contributed by atoms with van der Waals surface area (Å²) in [5.74, 6) is 0. The van der Waals surface area contributed by atoms with Crippen LogP contribution in [0, 0.1) is 35.6 Å². The molecule has 0 aliphatic rings. The van der Waals surface area contributed by atoms with E-state index in [0.717, 1.165) is 0 Å². The molecule has 0 unspecified atom stereocenters. The summed E-state index contributed by atoms with van der Waals surface area (Å²) in [5, 5.41) is 0. The Bertz CT molecular complexity index is 20.5. The van der Waals surface area contributed by atoms with Gasteiger partial charge in [-0.1, -0.05) is 0 Å². The van der Waals surface area contributed by atoms with E-state index in [-0.39, 0.29) is 125 Å². The predicted molar refractivity (Wildman–Crippen MR) is 16.6 cm³/mol. The Balaban J connectivity index is -0.000000000238. The van der Waals surface area contributed by atoms with Crippen LogP contribution in [0.2, 0.25) is 0 Å². The molecule has 0 aromatic heterocycles. The van der Waals surface area contributed by atoms with Crippen molar-refractivity contribution in [2.24, 2.45) is 0 Å². The maximum absolute atomic E-state index is 8.06. The van der Waals surface area contributed by atoms with Gasteiger partial charge < -0.3 is 5.71 Å². The normalized spacial score (nSPS) is 0.800. The first-order valence-corrected chi connectivity index (χ1v) is 0.636. The molecular formula is H4CaLaMnOSr. The minimum absolute atomic E-state index is 0. The maximum Gasteiger partial charge on any atom is 2.00 e. The van der Waals surface area contributed by atoms with Crippen LogP contribution >= 0.6 is 0 Å². The summed E-state index contributed by atoms with van der Waals surface area (Å²) < 4.78 is 8.06. The van der Waals surface area contributed by atoms with Gasteiger partial charge in [-0.05, 0) is 0 Å².